The number of likely N-dealkylation sites (N-methyl/N-ethyl adjacent to an activating group) is 1. The zero-order valence-electron chi connectivity index (χ0n) is 10.7. The largest absolute Gasteiger partial charge is 0.481 e. The quantitative estimate of drug-likeness (QED) is 0.591. The van der Waals surface area contributed by atoms with E-state index in [1.54, 1.807) is 7.05 Å². The highest BCUT2D eigenvalue weighted by molar-refractivity contribution is 7.99. The minimum atomic E-state index is -0.953. The number of nitrogens with zero attached hydrogens (tertiary/aromatic N) is 1. The van der Waals surface area contributed by atoms with E-state index in [4.69, 9.17) is 15.6 Å². The molecule has 0 aliphatic carbocycles. The average molecular weight is 290 g/mol. The molecule has 2 amide bonds. The van der Waals surface area contributed by atoms with E-state index in [1.165, 1.54) is 16.7 Å². The van der Waals surface area contributed by atoms with E-state index in [2.05, 4.69) is 0 Å². The summed E-state index contributed by atoms with van der Waals surface area (Å²) in [6.45, 7) is 0.377. The van der Waals surface area contributed by atoms with Crippen LogP contribution in [0.2, 0.25) is 0 Å². The molecule has 0 bridgehead atoms. The molecular weight excluding hydrogens is 272 g/mol. The van der Waals surface area contributed by atoms with Gasteiger partial charge >= 0.3 is 5.97 Å². The number of hydrogen-bond donors (Lipinski definition) is 2. The number of carbonyl (C=O) groups excluding carboxylic acids is 2. The smallest absolute Gasteiger partial charge is 0.311 e. The Bertz CT molecular complexity index is 363. The van der Waals surface area contributed by atoms with Crippen molar-refractivity contribution in [3.63, 3.8) is 0 Å². The van der Waals surface area contributed by atoms with Crippen molar-refractivity contribution in [2.24, 2.45) is 11.7 Å². The van der Waals surface area contributed by atoms with Crippen LogP contribution in [0.1, 0.15) is 6.42 Å². The maximum atomic E-state index is 11.9. The standard InChI is InChI=1S/C11H18N2O5S/c1-13(8-5-18-4-7(8)11(16)17)10(15)2-3-19-6-9(12)14/h7-8H,2-6H2,1H3,(H2,12,14)(H,16,17). The summed E-state index contributed by atoms with van der Waals surface area (Å²) in [5, 5.41) is 9.02. The van der Waals surface area contributed by atoms with Crippen molar-refractivity contribution in [2.45, 2.75) is 12.5 Å². The van der Waals surface area contributed by atoms with Crippen LogP contribution in [0.15, 0.2) is 0 Å². The third-order valence-corrected chi connectivity index (χ3v) is 3.94. The van der Waals surface area contributed by atoms with Gasteiger partial charge in [0.1, 0.15) is 5.92 Å². The molecule has 1 aliphatic heterocycles. The topological polar surface area (TPSA) is 110 Å². The minimum absolute atomic E-state index is 0.133. The van der Waals surface area contributed by atoms with Gasteiger partial charge in [0.05, 0.1) is 25.0 Å². The minimum Gasteiger partial charge on any atom is -0.481 e. The lowest BCUT2D eigenvalue weighted by molar-refractivity contribution is -0.144. The van der Waals surface area contributed by atoms with Gasteiger partial charge in [0, 0.05) is 19.2 Å². The van der Waals surface area contributed by atoms with Crippen LogP contribution in [-0.2, 0) is 19.1 Å². The molecule has 0 aromatic carbocycles. The number of primary amides is 1. The highest BCUT2D eigenvalue weighted by atomic mass is 32.2. The average Bonchev–Trinajstić information content (AvgIpc) is 2.82. The van der Waals surface area contributed by atoms with Gasteiger partial charge in [-0.25, -0.2) is 0 Å². The Morgan fingerprint density at radius 1 is 1.42 bits per heavy atom. The molecular formula is C11H18N2O5S. The number of hydrogen-bond acceptors (Lipinski definition) is 5. The second-order valence-electron chi connectivity index (χ2n) is 4.32. The molecule has 7 nitrogen and oxygen atoms in total. The van der Waals surface area contributed by atoms with E-state index in [-0.39, 0.29) is 31.3 Å². The zero-order chi connectivity index (χ0) is 14.4. The molecule has 0 radical (unpaired) electrons. The number of carboxylic acid groups (broad SMARTS) is 1. The molecule has 1 heterocycles. The molecule has 0 aromatic heterocycles. The molecule has 0 saturated carbocycles. The summed E-state index contributed by atoms with van der Waals surface area (Å²) in [5.41, 5.74) is 4.98. The van der Waals surface area contributed by atoms with Gasteiger partial charge in [0.2, 0.25) is 11.8 Å². The molecule has 0 aromatic rings. The van der Waals surface area contributed by atoms with Crippen LogP contribution < -0.4 is 5.73 Å². The Hall–Kier alpha value is -1.28. The number of rotatable bonds is 7. The number of ether oxygens (including phenoxy) is 1. The lowest BCUT2D eigenvalue weighted by Crippen LogP contribution is -2.44. The fraction of sp³-hybridized carbons (Fsp3) is 0.727. The predicted octanol–water partition coefficient (Wildman–Crippen LogP) is -0.847. The lowest BCUT2D eigenvalue weighted by Gasteiger charge is -2.26. The maximum absolute atomic E-state index is 11.9. The number of carboxylic acids is 1. The van der Waals surface area contributed by atoms with E-state index < -0.39 is 23.8 Å². The molecule has 1 rings (SSSR count). The summed E-state index contributed by atoms with van der Waals surface area (Å²) in [7, 11) is 1.58. The number of aliphatic carboxylic acids is 1. The van der Waals surface area contributed by atoms with Crippen LogP contribution in [0.5, 0.6) is 0 Å². The van der Waals surface area contributed by atoms with Gasteiger partial charge in [-0.15, -0.1) is 0 Å². The highest BCUT2D eigenvalue weighted by Crippen LogP contribution is 2.20. The van der Waals surface area contributed by atoms with Crippen molar-refractivity contribution in [3.05, 3.63) is 0 Å². The predicted molar refractivity (Wildman–Crippen MR) is 69.6 cm³/mol. The number of nitrogens with two attached hydrogens (primary N) is 1. The SMILES string of the molecule is CN(C(=O)CCSCC(N)=O)C1COCC1C(=O)O. The van der Waals surface area contributed by atoms with Crippen LogP contribution in [0.3, 0.4) is 0 Å². The molecule has 1 fully saturated rings. The second-order valence-corrected chi connectivity index (χ2v) is 5.43. The van der Waals surface area contributed by atoms with Crippen molar-refractivity contribution in [3.8, 4) is 0 Å². The Balaban J connectivity index is 2.39. The highest BCUT2D eigenvalue weighted by Gasteiger charge is 2.38. The number of carbonyl (C=O) groups is 3. The fourth-order valence-corrected chi connectivity index (χ4v) is 2.52. The van der Waals surface area contributed by atoms with Crippen LogP contribution >= 0.6 is 11.8 Å². The second kappa shape index (κ2) is 7.34. The van der Waals surface area contributed by atoms with Gasteiger partial charge in [-0.3, -0.25) is 14.4 Å². The molecule has 2 atom stereocenters. The Labute approximate surface area is 115 Å². The summed E-state index contributed by atoms with van der Waals surface area (Å²) in [6.07, 6.45) is 0.247. The van der Waals surface area contributed by atoms with Crippen molar-refractivity contribution in [2.75, 3.05) is 31.8 Å². The van der Waals surface area contributed by atoms with Crippen molar-refractivity contribution < 1.29 is 24.2 Å². The first-order chi connectivity index (χ1) is 8.93. The van der Waals surface area contributed by atoms with Gasteiger partial charge in [0.25, 0.3) is 0 Å². The molecule has 19 heavy (non-hydrogen) atoms. The number of thioether (sulfide) groups is 1. The third kappa shape index (κ3) is 4.71. The van der Waals surface area contributed by atoms with Gasteiger partial charge in [-0.1, -0.05) is 0 Å². The fourth-order valence-electron chi connectivity index (χ4n) is 1.85. The number of amides is 2. The van der Waals surface area contributed by atoms with Crippen molar-refractivity contribution in [1.29, 1.82) is 0 Å². The summed E-state index contributed by atoms with van der Waals surface area (Å²) in [6, 6.07) is -0.425. The van der Waals surface area contributed by atoms with Crippen LogP contribution in [0.4, 0.5) is 0 Å². The van der Waals surface area contributed by atoms with Crippen LogP contribution in [0.25, 0.3) is 0 Å². The first kappa shape index (κ1) is 15.8. The van der Waals surface area contributed by atoms with Crippen LogP contribution in [-0.4, -0.2) is 65.6 Å². The normalized spacial score (nSPS) is 22.2. The van der Waals surface area contributed by atoms with Crippen LogP contribution in [0, 0.1) is 5.92 Å². The Kier molecular flexibility index (Phi) is 6.10. The summed E-state index contributed by atoms with van der Waals surface area (Å²) in [5.74, 6) is -1.53. The molecule has 2 unspecified atom stereocenters. The molecule has 108 valence electrons. The van der Waals surface area contributed by atoms with E-state index in [0.29, 0.717) is 5.75 Å². The molecule has 0 spiro atoms. The molecule has 1 saturated heterocycles. The molecule has 8 heteroatoms. The van der Waals surface area contributed by atoms with E-state index in [0.717, 1.165) is 0 Å². The van der Waals surface area contributed by atoms with E-state index >= 15 is 0 Å². The first-order valence-electron chi connectivity index (χ1n) is 5.85. The first-order valence-corrected chi connectivity index (χ1v) is 7.01. The zero-order valence-corrected chi connectivity index (χ0v) is 11.5. The van der Waals surface area contributed by atoms with Crippen molar-refractivity contribution >= 4 is 29.5 Å². The van der Waals surface area contributed by atoms with Gasteiger partial charge < -0.3 is 20.5 Å². The molecule has 3 N–H and O–H groups in total. The van der Waals surface area contributed by atoms with E-state index in [9.17, 15) is 14.4 Å². The summed E-state index contributed by atoms with van der Waals surface area (Å²) >= 11 is 1.29. The Morgan fingerprint density at radius 3 is 2.68 bits per heavy atom. The van der Waals surface area contributed by atoms with Crippen molar-refractivity contribution in [1.82, 2.24) is 4.90 Å². The Morgan fingerprint density at radius 2 is 2.11 bits per heavy atom. The molecule has 1 aliphatic rings. The van der Waals surface area contributed by atoms with Gasteiger partial charge in [0.15, 0.2) is 0 Å². The lowest BCUT2D eigenvalue weighted by atomic mass is 10.0. The van der Waals surface area contributed by atoms with E-state index in [1.807, 2.05) is 0 Å². The monoisotopic (exact) mass is 290 g/mol. The van der Waals surface area contributed by atoms with Gasteiger partial charge in [-0.2, -0.15) is 11.8 Å². The third-order valence-electron chi connectivity index (χ3n) is 2.96. The summed E-state index contributed by atoms with van der Waals surface area (Å²) in [4.78, 5) is 34.8. The summed E-state index contributed by atoms with van der Waals surface area (Å²) < 4.78 is 5.12. The van der Waals surface area contributed by atoms with Gasteiger partial charge in [-0.05, 0) is 0 Å². The maximum Gasteiger partial charge on any atom is 0.311 e.